The van der Waals surface area contributed by atoms with Crippen molar-refractivity contribution in [1.29, 1.82) is 0 Å². The highest BCUT2D eigenvalue weighted by atomic mass is 35.5. The van der Waals surface area contributed by atoms with Gasteiger partial charge in [-0.25, -0.2) is 4.98 Å². The highest BCUT2D eigenvalue weighted by Crippen LogP contribution is 2.20. The smallest absolute Gasteiger partial charge is 0.254 e. The number of amides is 1. The number of aromatic nitrogens is 2. The lowest BCUT2D eigenvalue weighted by molar-refractivity contribution is 0.0746. The maximum absolute atomic E-state index is 12.6. The Labute approximate surface area is 158 Å². The Hall–Kier alpha value is -2.34. The number of hydrogen-bond acceptors (Lipinski definition) is 5. The molecule has 0 aliphatic carbocycles. The van der Waals surface area contributed by atoms with E-state index in [0.29, 0.717) is 42.0 Å². The zero-order valence-corrected chi connectivity index (χ0v) is 15.9. The summed E-state index contributed by atoms with van der Waals surface area (Å²) in [5, 5.41) is 0.575. The fourth-order valence-corrected chi connectivity index (χ4v) is 3.10. The summed E-state index contributed by atoms with van der Waals surface area (Å²) in [6, 6.07) is 8.95. The predicted molar refractivity (Wildman–Crippen MR) is 102 cm³/mol. The molecule has 0 radical (unpaired) electrons. The Bertz CT molecular complexity index is 776. The van der Waals surface area contributed by atoms with Gasteiger partial charge in [-0.05, 0) is 31.5 Å². The van der Waals surface area contributed by atoms with E-state index in [2.05, 4.69) is 21.8 Å². The van der Waals surface area contributed by atoms with E-state index < -0.39 is 0 Å². The molecule has 7 heteroatoms. The van der Waals surface area contributed by atoms with Gasteiger partial charge in [0.25, 0.3) is 5.91 Å². The van der Waals surface area contributed by atoms with Crippen molar-refractivity contribution < 1.29 is 9.53 Å². The molecular weight excluding hydrogens is 352 g/mol. The molecule has 0 spiro atoms. The van der Waals surface area contributed by atoms with E-state index in [1.807, 2.05) is 17.9 Å². The molecule has 3 rings (SSSR count). The molecule has 26 heavy (non-hydrogen) atoms. The van der Waals surface area contributed by atoms with Crippen LogP contribution in [0.2, 0.25) is 5.02 Å². The summed E-state index contributed by atoms with van der Waals surface area (Å²) in [5.41, 5.74) is 0.624. The Morgan fingerprint density at radius 1 is 1.19 bits per heavy atom. The SMILES string of the molecule is CCCOc1cc(N2CCN(C(=O)c3cccc(Cl)c3)CC2)nc(C)n1. The molecule has 1 saturated heterocycles. The van der Waals surface area contributed by atoms with Crippen LogP contribution in [0.1, 0.15) is 29.5 Å². The third kappa shape index (κ3) is 4.43. The van der Waals surface area contributed by atoms with Gasteiger partial charge in [-0.3, -0.25) is 4.79 Å². The minimum Gasteiger partial charge on any atom is -0.478 e. The lowest BCUT2D eigenvalue weighted by Crippen LogP contribution is -2.49. The van der Waals surface area contributed by atoms with Crippen LogP contribution in [0.5, 0.6) is 5.88 Å². The third-order valence-electron chi connectivity index (χ3n) is 4.22. The van der Waals surface area contributed by atoms with Crippen LogP contribution < -0.4 is 9.64 Å². The molecule has 1 aromatic carbocycles. The van der Waals surface area contributed by atoms with Crippen LogP contribution in [0.25, 0.3) is 0 Å². The summed E-state index contributed by atoms with van der Waals surface area (Å²) >= 11 is 5.99. The van der Waals surface area contributed by atoms with Gasteiger partial charge in [0, 0.05) is 42.8 Å². The average Bonchev–Trinajstić information content (AvgIpc) is 2.65. The summed E-state index contributed by atoms with van der Waals surface area (Å²) in [5.74, 6) is 2.15. The fraction of sp³-hybridized carbons (Fsp3) is 0.421. The zero-order chi connectivity index (χ0) is 18.5. The van der Waals surface area contributed by atoms with Crippen molar-refractivity contribution in [3.63, 3.8) is 0 Å². The summed E-state index contributed by atoms with van der Waals surface area (Å²) in [6.45, 7) is 7.27. The molecule has 2 aromatic rings. The normalized spacial score (nSPS) is 14.4. The van der Waals surface area contributed by atoms with E-state index in [9.17, 15) is 4.79 Å². The van der Waals surface area contributed by atoms with Gasteiger partial charge in [0.05, 0.1) is 6.61 Å². The van der Waals surface area contributed by atoms with Gasteiger partial charge in [-0.15, -0.1) is 0 Å². The molecule has 1 aliphatic heterocycles. The van der Waals surface area contributed by atoms with Crippen LogP contribution in [-0.2, 0) is 0 Å². The molecule has 0 bridgehead atoms. The van der Waals surface area contributed by atoms with E-state index in [1.54, 1.807) is 24.3 Å². The number of aryl methyl sites for hydroxylation is 1. The maximum atomic E-state index is 12.6. The number of rotatable bonds is 5. The van der Waals surface area contributed by atoms with E-state index in [-0.39, 0.29) is 5.91 Å². The monoisotopic (exact) mass is 374 g/mol. The van der Waals surface area contributed by atoms with Gasteiger partial charge < -0.3 is 14.5 Å². The number of nitrogens with zero attached hydrogens (tertiary/aromatic N) is 4. The van der Waals surface area contributed by atoms with Crippen molar-refractivity contribution in [2.45, 2.75) is 20.3 Å². The number of anilines is 1. The first-order valence-corrected chi connectivity index (χ1v) is 9.23. The standard InChI is InChI=1S/C19H23ClN4O2/c1-3-11-26-18-13-17(21-14(2)22-18)23-7-9-24(10-8-23)19(25)15-5-4-6-16(20)12-15/h4-6,12-13H,3,7-11H2,1-2H3. The number of benzene rings is 1. The lowest BCUT2D eigenvalue weighted by atomic mass is 10.2. The highest BCUT2D eigenvalue weighted by molar-refractivity contribution is 6.30. The molecule has 1 fully saturated rings. The van der Waals surface area contributed by atoms with Crippen molar-refractivity contribution in [3.05, 3.63) is 46.7 Å². The number of hydrogen-bond donors (Lipinski definition) is 0. The van der Waals surface area contributed by atoms with Gasteiger partial charge in [0.2, 0.25) is 5.88 Å². The first-order chi connectivity index (χ1) is 12.6. The maximum Gasteiger partial charge on any atom is 0.254 e. The Balaban J connectivity index is 1.65. The first-order valence-electron chi connectivity index (χ1n) is 8.85. The number of carbonyl (C=O) groups excluding carboxylic acids is 1. The Morgan fingerprint density at radius 2 is 1.96 bits per heavy atom. The number of halogens is 1. The largest absolute Gasteiger partial charge is 0.478 e. The van der Waals surface area contributed by atoms with E-state index >= 15 is 0 Å². The fourth-order valence-electron chi connectivity index (χ4n) is 2.91. The van der Waals surface area contributed by atoms with Crippen LogP contribution in [0.15, 0.2) is 30.3 Å². The summed E-state index contributed by atoms with van der Waals surface area (Å²) in [6.07, 6.45) is 0.933. The summed E-state index contributed by atoms with van der Waals surface area (Å²) in [4.78, 5) is 25.5. The zero-order valence-electron chi connectivity index (χ0n) is 15.1. The van der Waals surface area contributed by atoms with Crippen molar-refractivity contribution >= 4 is 23.3 Å². The summed E-state index contributed by atoms with van der Waals surface area (Å²) in [7, 11) is 0. The molecule has 1 aliphatic rings. The van der Waals surface area contributed by atoms with Crippen LogP contribution in [0.3, 0.4) is 0 Å². The molecule has 138 valence electrons. The highest BCUT2D eigenvalue weighted by Gasteiger charge is 2.23. The number of ether oxygens (including phenoxy) is 1. The van der Waals surface area contributed by atoms with Crippen molar-refractivity contribution in [1.82, 2.24) is 14.9 Å². The third-order valence-corrected chi connectivity index (χ3v) is 4.45. The number of piperazine rings is 1. The molecule has 6 nitrogen and oxygen atoms in total. The van der Waals surface area contributed by atoms with Gasteiger partial charge in [-0.1, -0.05) is 24.6 Å². The molecule has 2 heterocycles. The summed E-state index contributed by atoms with van der Waals surface area (Å²) < 4.78 is 5.64. The molecule has 1 aromatic heterocycles. The first kappa shape index (κ1) is 18.5. The minimum absolute atomic E-state index is 0.0120. The van der Waals surface area contributed by atoms with Gasteiger partial charge in [0.1, 0.15) is 11.6 Å². The van der Waals surface area contributed by atoms with Gasteiger partial charge in [-0.2, -0.15) is 4.98 Å². The lowest BCUT2D eigenvalue weighted by Gasteiger charge is -2.35. The van der Waals surface area contributed by atoms with Crippen molar-refractivity contribution in [3.8, 4) is 5.88 Å². The van der Waals surface area contributed by atoms with Gasteiger partial charge >= 0.3 is 0 Å². The van der Waals surface area contributed by atoms with Crippen molar-refractivity contribution in [2.75, 3.05) is 37.7 Å². The van der Waals surface area contributed by atoms with Crippen LogP contribution in [0.4, 0.5) is 5.82 Å². The predicted octanol–water partition coefficient (Wildman–Crippen LogP) is 3.19. The molecule has 0 unspecified atom stereocenters. The molecule has 0 N–H and O–H groups in total. The second kappa shape index (κ2) is 8.36. The van der Waals surface area contributed by atoms with E-state index in [4.69, 9.17) is 16.3 Å². The van der Waals surface area contributed by atoms with Crippen molar-refractivity contribution in [2.24, 2.45) is 0 Å². The minimum atomic E-state index is 0.0120. The van der Waals surface area contributed by atoms with Crippen LogP contribution in [-0.4, -0.2) is 53.6 Å². The topological polar surface area (TPSA) is 58.6 Å². The van der Waals surface area contributed by atoms with E-state index in [1.165, 1.54) is 0 Å². The second-order valence-electron chi connectivity index (χ2n) is 6.25. The molecule has 1 amide bonds. The Kier molecular flexibility index (Phi) is 5.93. The quantitative estimate of drug-likeness (QED) is 0.804. The van der Waals surface area contributed by atoms with Crippen LogP contribution >= 0.6 is 11.6 Å². The van der Waals surface area contributed by atoms with E-state index in [0.717, 1.165) is 25.3 Å². The molecule has 0 saturated carbocycles. The average molecular weight is 375 g/mol. The Morgan fingerprint density at radius 3 is 2.65 bits per heavy atom. The number of carbonyl (C=O) groups is 1. The molecule has 0 atom stereocenters. The van der Waals surface area contributed by atoms with Crippen LogP contribution in [0, 0.1) is 6.92 Å². The van der Waals surface area contributed by atoms with Gasteiger partial charge in [0.15, 0.2) is 0 Å². The second-order valence-corrected chi connectivity index (χ2v) is 6.69. The molecular formula is C19H23ClN4O2.